The number of rotatable bonds is 1. The van der Waals surface area contributed by atoms with E-state index in [9.17, 15) is 0 Å². The Kier molecular flexibility index (Phi) is 2.28. The number of hydrogen-bond donors (Lipinski definition) is 0. The molecule has 0 fully saturated rings. The maximum atomic E-state index is 5.78. The molecule has 2 rings (SSSR count). The van der Waals surface area contributed by atoms with Crippen LogP contribution in [0.1, 0.15) is 11.1 Å². The van der Waals surface area contributed by atoms with E-state index in [1.807, 2.05) is 6.07 Å². The maximum Gasteiger partial charge on any atom is 0.127 e. The number of hydrogen-bond acceptors (Lipinski definition) is 1. The summed E-state index contributed by atoms with van der Waals surface area (Å²) < 4.78 is 6.56. The van der Waals surface area contributed by atoms with Gasteiger partial charge in [-0.3, -0.25) is 0 Å². The highest BCUT2D eigenvalue weighted by molar-refractivity contribution is 9.10. The van der Waals surface area contributed by atoms with E-state index in [2.05, 4.69) is 22.0 Å². The van der Waals surface area contributed by atoms with Crippen molar-refractivity contribution >= 4 is 27.5 Å². The van der Waals surface area contributed by atoms with Gasteiger partial charge in [-0.15, -0.1) is 11.6 Å². The maximum absolute atomic E-state index is 5.78. The average molecular weight is 248 g/mol. The zero-order chi connectivity index (χ0) is 8.55. The number of benzene rings is 1. The van der Waals surface area contributed by atoms with Crippen LogP contribution in [-0.4, -0.2) is 6.61 Å². The first-order valence-corrected chi connectivity index (χ1v) is 5.14. The Balaban J connectivity index is 2.55. The number of fused-ring (bicyclic) bond motifs is 1. The first-order valence-electron chi connectivity index (χ1n) is 3.81. The third-order valence-corrected chi connectivity index (χ3v) is 2.72. The van der Waals surface area contributed by atoms with Crippen LogP contribution in [0.25, 0.3) is 0 Å². The van der Waals surface area contributed by atoms with Crippen molar-refractivity contribution in [2.75, 3.05) is 6.61 Å². The van der Waals surface area contributed by atoms with E-state index in [4.69, 9.17) is 16.3 Å². The van der Waals surface area contributed by atoms with E-state index in [-0.39, 0.29) is 0 Å². The van der Waals surface area contributed by atoms with E-state index in [0.29, 0.717) is 5.88 Å². The molecule has 0 aliphatic carbocycles. The first kappa shape index (κ1) is 8.39. The number of ether oxygens (including phenoxy) is 1. The van der Waals surface area contributed by atoms with Crippen LogP contribution in [-0.2, 0) is 12.3 Å². The molecule has 0 saturated carbocycles. The fourth-order valence-electron chi connectivity index (χ4n) is 1.45. The molecule has 1 aliphatic heterocycles. The van der Waals surface area contributed by atoms with Gasteiger partial charge in [0.25, 0.3) is 0 Å². The first-order chi connectivity index (χ1) is 5.81. The van der Waals surface area contributed by atoms with Gasteiger partial charge in [-0.1, -0.05) is 15.9 Å². The molecule has 1 aromatic rings. The highest BCUT2D eigenvalue weighted by Gasteiger charge is 2.16. The molecule has 1 aliphatic rings. The molecule has 0 bridgehead atoms. The lowest BCUT2D eigenvalue weighted by Gasteiger charge is -2.05. The van der Waals surface area contributed by atoms with Crippen molar-refractivity contribution in [3.8, 4) is 5.75 Å². The Labute approximate surface area is 84.8 Å². The quantitative estimate of drug-likeness (QED) is 0.693. The summed E-state index contributed by atoms with van der Waals surface area (Å²) in [4.78, 5) is 0. The van der Waals surface area contributed by atoms with Crippen LogP contribution in [0.15, 0.2) is 16.6 Å². The van der Waals surface area contributed by atoms with Gasteiger partial charge in [-0.05, 0) is 17.7 Å². The van der Waals surface area contributed by atoms with Crippen molar-refractivity contribution in [1.82, 2.24) is 0 Å². The third kappa shape index (κ3) is 1.34. The van der Waals surface area contributed by atoms with Gasteiger partial charge in [0, 0.05) is 16.5 Å². The van der Waals surface area contributed by atoms with Crippen molar-refractivity contribution in [2.24, 2.45) is 0 Å². The van der Waals surface area contributed by atoms with Gasteiger partial charge >= 0.3 is 0 Å². The molecule has 1 aromatic carbocycles. The lowest BCUT2D eigenvalue weighted by Crippen LogP contribution is -1.89. The summed E-state index contributed by atoms with van der Waals surface area (Å²) in [5, 5.41) is 0. The van der Waals surface area contributed by atoms with Crippen LogP contribution in [0, 0.1) is 0 Å². The highest BCUT2D eigenvalue weighted by Crippen LogP contribution is 2.33. The SMILES string of the molecule is ClCc1cc(Br)cc2c1OCC2. The molecule has 0 saturated heterocycles. The van der Waals surface area contributed by atoms with E-state index < -0.39 is 0 Å². The lowest BCUT2D eigenvalue weighted by atomic mass is 10.1. The van der Waals surface area contributed by atoms with E-state index in [1.54, 1.807) is 0 Å². The topological polar surface area (TPSA) is 9.23 Å². The van der Waals surface area contributed by atoms with Crippen LogP contribution >= 0.6 is 27.5 Å². The molecule has 3 heteroatoms. The summed E-state index contributed by atoms with van der Waals surface area (Å²) in [6, 6.07) is 4.11. The van der Waals surface area contributed by atoms with Gasteiger partial charge in [0.2, 0.25) is 0 Å². The molecule has 0 atom stereocenters. The zero-order valence-corrected chi connectivity index (χ0v) is 8.78. The van der Waals surface area contributed by atoms with Crippen molar-refractivity contribution in [1.29, 1.82) is 0 Å². The molecule has 64 valence electrons. The van der Waals surface area contributed by atoms with Crippen LogP contribution in [0.3, 0.4) is 0 Å². The minimum absolute atomic E-state index is 0.516. The van der Waals surface area contributed by atoms with E-state index in [0.717, 1.165) is 28.8 Å². The van der Waals surface area contributed by atoms with Crippen LogP contribution in [0.5, 0.6) is 5.75 Å². The second kappa shape index (κ2) is 3.27. The summed E-state index contributed by atoms with van der Waals surface area (Å²) in [5.74, 6) is 1.51. The molecule has 0 unspecified atom stereocenters. The number of alkyl halides is 1. The molecular weight excluding hydrogens is 239 g/mol. The summed E-state index contributed by atoms with van der Waals surface area (Å²) in [6.45, 7) is 0.787. The van der Waals surface area contributed by atoms with Gasteiger partial charge in [0.1, 0.15) is 5.75 Å². The molecule has 0 amide bonds. The molecule has 1 heterocycles. The number of halogens is 2. The molecule has 0 N–H and O–H groups in total. The van der Waals surface area contributed by atoms with Crippen molar-refractivity contribution in [3.05, 3.63) is 27.7 Å². The Morgan fingerprint density at radius 3 is 3.08 bits per heavy atom. The van der Waals surface area contributed by atoms with E-state index >= 15 is 0 Å². The molecule has 0 radical (unpaired) electrons. The zero-order valence-electron chi connectivity index (χ0n) is 6.44. The second-order valence-corrected chi connectivity index (χ2v) is 3.97. The molecule has 12 heavy (non-hydrogen) atoms. The van der Waals surface area contributed by atoms with Gasteiger partial charge in [0.05, 0.1) is 12.5 Å². The van der Waals surface area contributed by atoms with Crippen molar-refractivity contribution in [2.45, 2.75) is 12.3 Å². The minimum Gasteiger partial charge on any atom is -0.493 e. The fourth-order valence-corrected chi connectivity index (χ4v) is 2.20. The molecule has 0 aromatic heterocycles. The predicted molar refractivity (Wildman–Crippen MR) is 52.9 cm³/mol. The summed E-state index contributed by atoms with van der Waals surface area (Å²) in [7, 11) is 0. The lowest BCUT2D eigenvalue weighted by molar-refractivity contribution is 0.354. The summed E-state index contributed by atoms with van der Waals surface area (Å²) >= 11 is 9.22. The smallest absolute Gasteiger partial charge is 0.127 e. The highest BCUT2D eigenvalue weighted by atomic mass is 79.9. The van der Waals surface area contributed by atoms with Gasteiger partial charge in [-0.2, -0.15) is 0 Å². The average Bonchev–Trinajstić information content (AvgIpc) is 2.50. The Hall–Kier alpha value is -0.210. The molecular formula is C9H8BrClO. The Morgan fingerprint density at radius 1 is 1.50 bits per heavy atom. The molecule has 1 nitrogen and oxygen atoms in total. The summed E-state index contributed by atoms with van der Waals surface area (Å²) in [6.07, 6.45) is 0.999. The van der Waals surface area contributed by atoms with Gasteiger partial charge in [0.15, 0.2) is 0 Å². The minimum atomic E-state index is 0.516. The largest absolute Gasteiger partial charge is 0.493 e. The standard InChI is InChI=1S/C9H8BrClO/c10-8-3-6-1-2-12-9(6)7(4-8)5-11/h3-4H,1-2,5H2. The van der Waals surface area contributed by atoms with Crippen molar-refractivity contribution in [3.63, 3.8) is 0 Å². The molecule has 0 spiro atoms. The monoisotopic (exact) mass is 246 g/mol. The summed E-state index contributed by atoms with van der Waals surface area (Å²) in [5.41, 5.74) is 2.35. The normalized spacial score (nSPS) is 14.2. The Bertz CT molecular complexity index is 312. The van der Waals surface area contributed by atoms with Crippen LogP contribution in [0.2, 0.25) is 0 Å². The van der Waals surface area contributed by atoms with Crippen LogP contribution < -0.4 is 4.74 Å². The predicted octanol–water partition coefficient (Wildman–Crippen LogP) is 3.12. The van der Waals surface area contributed by atoms with Crippen molar-refractivity contribution < 1.29 is 4.74 Å². The van der Waals surface area contributed by atoms with Crippen LogP contribution in [0.4, 0.5) is 0 Å². The Morgan fingerprint density at radius 2 is 2.33 bits per heavy atom. The van der Waals surface area contributed by atoms with E-state index in [1.165, 1.54) is 5.56 Å². The fraction of sp³-hybridized carbons (Fsp3) is 0.333. The van der Waals surface area contributed by atoms with Gasteiger partial charge < -0.3 is 4.74 Å². The second-order valence-electron chi connectivity index (χ2n) is 2.79. The third-order valence-electron chi connectivity index (χ3n) is 1.97. The van der Waals surface area contributed by atoms with Gasteiger partial charge in [-0.25, -0.2) is 0 Å².